The van der Waals surface area contributed by atoms with Gasteiger partial charge in [0.1, 0.15) is 5.75 Å². The van der Waals surface area contributed by atoms with Gasteiger partial charge >= 0.3 is 0 Å². The molecular formula is C18H27ClN2O2. The van der Waals surface area contributed by atoms with E-state index in [2.05, 4.69) is 5.32 Å². The van der Waals surface area contributed by atoms with Crippen molar-refractivity contribution in [2.75, 3.05) is 26.7 Å². The molecule has 0 spiro atoms. The Hall–Kier alpha value is -1.26. The zero-order valence-corrected chi connectivity index (χ0v) is 14.6. The summed E-state index contributed by atoms with van der Waals surface area (Å²) in [6.07, 6.45) is 5.40. The zero-order valence-electron chi connectivity index (χ0n) is 13.8. The largest absolute Gasteiger partial charge is 0.497 e. The molecule has 1 N–H and O–H groups in total. The van der Waals surface area contributed by atoms with Gasteiger partial charge in [0.25, 0.3) is 0 Å². The number of nitrogens with one attached hydrogen (secondary N) is 1. The maximum absolute atomic E-state index is 12.4. The number of piperidine rings is 1. The highest BCUT2D eigenvalue weighted by Gasteiger charge is 2.29. The van der Waals surface area contributed by atoms with Crippen molar-refractivity contribution < 1.29 is 9.53 Å². The average Bonchev–Trinajstić information content (AvgIpc) is 3.10. The minimum atomic E-state index is 0. The molecule has 3 rings (SSSR count). The van der Waals surface area contributed by atoms with Gasteiger partial charge in [0, 0.05) is 19.1 Å². The number of amides is 1. The number of halogens is 1. The van der Waals surface area contributed by atoms with Gasteiger partial charge < -0.3 is 15.0 Å². The summed E-state index contributed by atoms with van der Waals surface area (Å²) in [5, 5.41) is 3.61. The standard InChI is InChI=1S/C18H26N2O2.ClH/c1-22-16-6-4-14(5-7-16)13-18(21)20-11-8-15(9-12-20)17-3-2-10-19-17;/h4-7,15,17,19H,2-3,8-13H2,1H3;1H. The predicted octanol–water partition coefficient (Wildman–Crippen LogP) is 2.65. The molecule has 0 aliphatic carbocycles. The summed E-state index contributed by atoms with van der Waals surface area (Å²) < 4.78 is 5.15. The van der Waals surface area contributed by atoms with Crippen LogP contribution in [0.3, 0.4) is 0 Å². The van der Waals surface area contributed by atoms with Gasteiger partial charge in [-0.2, -0.15) is 0 Å². The van der Waals surface area contributed by atoms with E-state index in [-0.39, 0.29) is 18.3 Å². The summed E-state index contributed by atoms with van der Waals surface area (Å²) in [5.74, 6) is 1.84. The van der Waals surface area contributed by atoms with E-state index in [9.17, 15) is 4.79 Å². The highest BCUT2D eigenvalue weighted by Crippen LogP contribution is 2.26. The first-order valence-corrected chi connectivity index (χ1v) is 8.40. The average molecular weight is 339 g/mol. The van der Waals surface area contributed by atoms with Crippen LogP contribution in [-0.2, 0) is 11.2 Å². The Balaban J connectivity index is 0.00000192. The van der Waals surface area contributed by atoms with E-state index in [4.69, 9.17) is 4.74 Å². The Morgan fingerprint density at radius 1 is 1.22 bits per heavy atom. The van der Waals surface area contributed by atoms with E-state index >= 15 is 0 Å². The fourth-order valence-electron chi connectivity index (χ4n) is 3.69. The molecule has 0 bridgehead atoms. The van der Waals surface area contributed by atoms with Crippen LogP contribution >= 0.6 is 12.4 Å². The van der Waals surface area contributed by atoms with Crippen LogP contribution in [0.5, 0.6) is 5.75 Å². The molecule has 2 fully saturated rings. The Morgan fingerprint density at radius 2 is 1.91 bits per heavy atom. The number of carbonyl (C=O) groups is 1. The van der Waals surface area contributed by atoms with Crippen molar-refractivity contribution in [3.63, 3.8) is 0 Å². The number of rotatable bonds is 4. The molecule has 0 aromatic heterocycles. The van der Waals surface area contributed by atoms with Crippen molar-refractivity contribution in [3.05, 3.63) is 29.8 Å². The number of likely N-dealkylation sites (tertiary alicyclic amines) is 1. The molecule has 4 nitrogen and oxygen atoms in total. The van der Waals surface area contributed by atoms with Crippen molar-refractivity contribution in [2.45, 2.75) is 38.1 Å². The minimum Gasteiger partial charge on any atom is -0.497 e. The molecule has 0 saturated carbocycles. The van der Waals surface area contributed by atoms with Crippen LogP contribution in [0.25, 0.3) is 0 Å². The van der Waals surface area contributed by atoms with Crippen LogP contribution < -0.4 is 10.1 Å². The minimum absolute atomic E-state index is 0. The zero-order chi connectivity index (χ0) is 15.4. The molecule has 1 amide bonds. The van der Waals surface area contributed by atoms with Crippen LogP contribution in [0.4, 0.5) is 0 Å². The summed E-state index contributed by atoms with van der Waals surface area (Å²) in [5.41, 5.74) is 1.06. The third-order valence-electron chi connectivity index (χ3n) is 5.07. The number of hydrogen-bond donors (Lipinski definition) is 1. The van der Waals surface area contributed by atoms with E-state index in [1.54, 1.807) is 7.11 Å². The van der Waals surface area contributed by atoms with E-state index < -0.39 is 0 Å². The molecular weight excluding hydrogens is 312 g/mol. The molecule has 2 aliphatic rings. The Bertz CT molecular complexity index is 492. The number of carbonyl (C=O) groups excluding carboxylic acids is 1. The van der Waals surface area contributed by atoms with Crippen LogP contribution in [0.2, 0.25) is 0 Å². The van der Waals surface area contributed by atoms with Crippen LogP contribution in [0.15, 0.2) is 24.3 Å². The van der Waals surface area contributed by atoms with Gasteiger partial charge in [-0.25, -0.2) is 0 Å². The second-order valence-electron chi connectivity index (χ2n) is 6.45. The molecule has 1 unspecified atom stereocenters. The summed E-state index contributed by atoms with van der Waals surface area (Å²) in [7, 11) is 1.66. The molecule has 128 valence electrons. The first-order chi connectivity index (χ1) is 10.8. The Labute approximate surface area is 145 Å². The maximum Gasteiger partial charge on any atom is 0.226 e. The van der Waals surface area contributed by atoms with Crippen molar-refractivity contribution in [1.29, 1.82) is 0 Å². The topological polar surface area (TPSA) is 41.6 Å². The summed E-state index contributed by atoms with van der Waals surface area (Å²) >= 11 is 0. The first kappa shape index (κ1) is 18.1. The molecule has 1 atom stereocenters. The van der Waals surface area contributed by atoms with Gasteiger partial charge in [0.2, 0.25) is 5.91 Å². The van der Waals surface area contributed by atoms with Gasteiger partial charge in [0.15, 0.2) is 0 Å². The molecule has 1 aromatic rings. The smallest absolute Gasteiger partial charge is 0.226 e. The lowest BCUT2D eigenvalue weighted by Crippen LogP contribution is -2.43. The third-order valence-corrected chi connectivity index (χ3v) is 5.07. The molecule has 0 radical (unpaired) electrons. The molecule has 2 aliphatic heterocycles. The van der Waals surface area contributed by atoms with E-state index in [0.717, 1.165) is 43.2 Å². The highest BCUT2D eigenvalue weighted by atomic mass is 35.5. The van der Waals surface area contributed by atoms with Gasteiger partial charge in [-0.05, 0) is 55.8 Å². The van der Waals surface area contributed by atoms with E-state index in [1.165, 1.54) is 19.4 Å². The van der Waals surface area contributed by atoms with Crippen molar-refractivity contribution >= 4 is 18.3 Å². The Morgan fingerprint density at radius 3 is 2.48 bits per heavy atom. The molecule has 23 heavy (non-hydrogen) atoms. The molecule has 5 heteroatoms. The van der Waals surface area contributed by atoms with Crippen LogP contribution in [0, 0.1) is 5.92 Å². The second kappa shape index (κ2) is 8.55. The lowest BCUT2D eigenvalue weighted by atomic mass is 9.88. The van der Waals surface area contributed by atoms with Gasteiger partial charge in [-0.15, -0.1) is 12.4 Å². The normalized spacial score (nSPS) is 21.8. The third kappa shape index (κ3) is 4.61. The summed E-state index contributed by atoms with van der Waals surface area (Å²) in [4.78, 5) is 14.5. The van der Waals surface area contributed by atoms with Crippen molar-refractivity contribution in [3.8, 4) is 5.75 Å². The molecule has 1 aromatic carbocycles. The monoisotopic (exact) mass is 338 g/mol. The van der Waals surface area contributed by atoms with Crippen LogP contribution in [0.1, 0.15) is 31.2 Å². The number of benzene rings is 1. The quantitative estimate of drug-likeness (QED) is 0.917. The predicted molar refractivity (Wildman–Crippen MR) is 94.3 cm³/mol. The number of ether oxygens (including phenoxy) is 1. The fraction of sp³-hybridized carbons (Fsp3) is 0.611. The van der Waals surface area contributed by atoms with Crippen molar-refractivity contribution in [1.82, 2.24) is 10.2 Å². The lowest BCUT2D eigenvalue weighted by Gasteiger charge is -2.35. The number of methoxy groups -OCH3 is 1. The van der Waals surface area contributed by atoms with Crippen molar-refractivity contribution in [2.24, 2.45) is 5.92 Å². The van der Waals surface area contributed by atoms with E-state index in [0.29, 0.717) is 12.5 Å². The van der Waals surface area contributed by atoms with Crippen LogP contribution in [-0.4, -0.2) is 43.6 Å². The molecule has 2 saturated heterocycles. The van der Waals surface area contributed by atoms with Gasteiger partial charge in [-0.1, -0.05) is 12.1 Å². The SMILES string of the molecule is COc1ccc(CC(=O)N2CCC(C3CCCN3)CC2)cc1.Cl. The first-order valence-electron chi connectivity index (χ1n) is 8.40. The Kier molecular flexibility index (Phi) is 6.72. The lowest BCUT2D eigenvalue weighted by molar-refractivity contribution is -0.132. The van der Waals surface area contributed by atoms with E-state index in [1.807, 2.05) is 29.2 Å². The summed E-state index contributed by atoms with van der Waals surface area (Å²) in [6.45, 7) is 3.00. The molecule has 2 heterocycles. The van der Waals surface area contributed by atoms with Gasteiger partial charge in [0.05, 0.1) is 13.5 Å². The maximum atomic E-state index is 12.4. The second-order valence-corrected chi connectivity index (χ2v) is 6.45. The van der Waals surface area contributed by atoms with Gasteiger partial charge in [-0.3, -0.25) is 4.79 Å². The summed E-state index contributed by atoms with van der Waals surface area (Å²) in [6, 6.07) is 8.48. The number of nitrogens with zero attached hydrogens (tertiary/aromatic N) is 1. The number of hydrogen-bond acceptors (Lipinski definition) is 3. The highest BCUT2D eigenvalue weighted by molar-refractivity contribution is 5.85. The fourth-order valence-corrected chi connectivity index (χ4v) is 3.69.